The molecule has 1 unspecified atom stereocenters. The molecule has 0 spiro atoms. The van der Waals surface area contributed by atoms with Crippen LogP contribution in [-0.2, 0) is 16.1 Å². The lowest BCUT2D eigenvalue weighted by Gasteiger charge is -2.16. The van der Waals surface area contributed by atoms with Gasteiger partial charge in [-0.2, -0.15) is 0 Å². The van der Waals surface area contributed by atoms with E-state index in [4.69, 9.17) is 0 Å². The molecule has 1 N–H and O–H groups in total. The Hall–Kier alpha value is -1.84. The van der Waals surface area contributed by atoms with Gasteiger partial charge in [-0.3, -0.25) is 9.59 Å². The molecule has 1 saturated heterocycles. The van der Waals surface area contributed by atoms with Crippen LogP contribution in [0.5, 0.6) is 0 Å². The zero-order valence-corrected chi connectivity index (χ0v) is 13.6. The first-order valence-electron chi connectivity index (χ1n) is 8.21. The van der Waals surface area contributed by atoms with Crippen LogP contribution < -0.4 is 5.32 Å². The Morgan fingerprint density at radius 3 is 2.82 bits per heavy atom. The number of nitrogens with zero attached hydrogens (tertiary/aromatic N) is 1. The number of likely N-dealkylation sites (tertiary alicyclic amines) is 1. The van der Waals surface area contributed by atoms with Gasteiger partial charge in [0.05, 0.1) is 5.92 Å². The number of unbranched alkanes of at least 4 members (excludes halogenated alkanes) is 2. The number of aryl methyl sites for hydroxylation is 1. The van der Waals surface area contributed by atoms with Gasteiger partial charge in [-0.25, -0.2) is 0 Å². The molecule has 2 amide bonds. The van der Waals surface area contributed by atoms with E-state index in [1.54, 1.807) is 0 Å². The SMILES string of the molecule is CCCCCN1CC(C(=O)NCc2ccccc2C)CC1=O. The summed E-state index contributed by atoms with van der Waals surface area (Å²) in [5.41, 5.74) is 2.30. The molecule has 1 fully saturated rings. The topological polar surface area (TPSA) is 49.4 Å². The van der Waals surface area contributed by atoms with Gasteiger partial charge in [0.25, 0.3) is 0 Å². The van der Waals surface area contributed by atoms with Crippen LogP contribution in [0.4, 0.5) is 0 Å². The third-order valence-corrected chi connectivity index (χ3v) is 4.33. The molecule has 1 aromatic rings. The monoisotopic (exact) mass is 302 g/mol. The van der Waals surface area contributed by atoms with Crippen molar-refractivity contribution in [3.8, 4) is 0 Å². The second-order valence-electron chi connectivity index (χ2n) is 6.09. The molecular weight excluding hydrogens is 276 g/mol. The Bertz CT molecular complexity index is 528. The summed E-state index contributed by atoms with van der Waals surface area (Å²) in [6, 6.07) is 8.02. The van der Waals surface area contributed by atoms with Crippen molar-refractivity contribution in [2.75, 3.05) is 13.1 Å². The van der Waals surface area contributed by atoms with Gasteiger partial charge in [0, 0.05) is 26.1 Å². The molecule has 22 heavy (non-hydrogen) atoms. The largest absolute Gasteiger partial charge is 0.352 e. The average Bonchev–Trinajstić information content (AvgIpc) is 2.88. The normalized spacial score (nSPS) is 17.8. The molecule has 0 aliphatic carbocycles. The molecule has 4 nitrogen and oxygen atoms in total. The van der Waals surface area contributed by atoms with Gasteiger partial charge >= 0.3 is 0 Å². The number of nitrogens with one attached hydrogen (secondary N) is 1. The minimum atomic E-state index is -0.196. The van der Waals surface area contributed by atoms with Crippen LogP contribution in [0.1, 0.15) is 43.7 Å². The van der Waals surface area contributed by atoms with Crippen molar-refractivity contribution in [2.45, 2.75) is 46.1 Å². The van der Waals surface area contributed by atoms with Gasteiger partial charge < -0.3 is 10.2 Å². The molecule has 1 aliphatic rings. The predicted molar refractivity (Wildman–Crippen MR) is 87.2 cm³/mol. The molecule has 0 aromatic heterocycles. The summed E-state index contributed by atoms with van der Waals surface area (Å²) in [4.78, 5) is 26.1. The van der Waals surface area contributed by atoms with Crippen molar-refractivity contribution in [1.82, 2.24) is 10.2 Å². The smallest absolute Gasteiger partial charge is 0.225 e. The Morgan fingerprint density at radius 2 is 2.09 bits per heavy atom. The maximum Gasteiger partial charge on any atom is 0.225 e. The third-order valence-electron chi connectivity index (χ3n) is 4.33. The zero-order valence-electron chi connectivity index (χ0n) is 13.6. The highest BCUT2D eigenvalue weighted by Crippen LogP contribution is 2.19. The standard InChI is InChI=1S/C18H26N2O2/c1-3-4-7-10-20-13-16(11-17(20)21)18(22)19-12-15-9-6-5-8-14(15)2/h5-6,8-9,16H,3-4,7,10-13H2,1-2H3,(H,19,22). The van der Waals surface area contributed by atoms with Gasteiger partial charge in [0.1, 0.15) is 0 Å². The second-order valence-corrected chi connectivity index (χ2v) is 6.09. The summed E-state index contributed by atoms with van der Waals surface area (Å²) in [5, 5.41) is 2.97. The highest BCUT2D eigenvalue weighted by molar-refractivity contribution is 5.89. The van der Waals surface area contributed by atoms with Gasteiger partial charge in [0.15, 0.2) is 0 Å². The van der Waals surface area contributed by atoms with Crippen LogP contribution >= 0.6 is 0 Å². The van der Waals surface area contributed by atoms with Crippen molar-refractivity contribution in [1.29, 1.82) is 0 Å². The van der Waals surface area contributed by atoms with Crippen LogP contribution in [0.3, 0.4) is 0 Å². The average molecular weight is 302 g/mol. The molecule has 4 heteroatoms. The van der Waals surface area contributed by atoms with Gasteiger partial charge in [-0.1, -0.05) is 44.0 Å². The van der Waals surface area contributed by atoms with Crippen LogP contribution in [0.25, 0.3) is 0 Å². The van der Waals surface area contributed by atoms with E-state index in [1.165, 1.54) is 5.56 Å². The molecule has 1 atom stereocenters. The lowest BCUT2D eigenvalue weighted by atomic mass is 10.1. The first-order valence-corrected chi connectivity index (χ1v) is 8.21. The summed E-state index contributed by atoms with van der Waals surface area (Å²) >= 11 is 0. The third kappa shape index (κ3) is 4.33. The molecule has 0 bridgehead atoms. The molecule has 1 aromatic carbocycles. The van der Waals surface area contributed by atoms with E-state index in [2.05, 4.69) is 12.2 Å². The number of carbonyl (C=O) groups is 2. The molecule has 120 valence electrons. The fraction of sp³-hybridized carbons (Fsp3) is 0.556. The fourth-order valence-corrected chi connectivity index (χ4v) is 2.85. The van der Waals surface area contributed by atoms with Crippen LogP contribution in [-0.4, -0.2) is 29.8 Å². The van der Waals surface area contributed by atoms with Crippen molar-refractivity contribution in [3.63, 3.8) is 0 Å². The van der Waals surface area contributed by atoms with E-state index >= 15 is 0 Å². The van der Waals surface area contributed by atoms with Crippen molar-refractivity contribution >= 4 is 11.8 Å². The number of amides is 2. The summed E-state index contributed by atoms with van der Waals surface area (Å²) in [5.74, 6) is -0.0834. The highest BCUT2D eigenvalue weighted by atomic mass is 16.2. The summed E-state index contributed by atoms with van der Waals surface area (Å²) in [6.45, 7) is 6.08. The summed E-state index contributed by atoms with van der Waals surface area (Å²) in [7, 11) is 0. The van der Waals surface area contributed by atoms with Crippen molar-refractivity contribution in [3.05, 3.63) is 35.4 Å². The fourth-order valence-electron chi connectivity index (χ4n) is 2.85. The Morgan fingerprint density at radius 1 is 1.32 bits per heavy atom. The first-order chi connectivity index (χ1) is 10.6. The van der Waals surface area contributed by atoms with Gasteiger partial charge in [-0.05, 0) is 24.5 Å². The molecule has 1 heterocycles. The molecule has 0 radical (unpaired) electrons. The predicted octanol–water partition coefficient (Wildman–Crippen LogP) is 2.65. The number of carbonyl (C=O) groups excluding carboxylic acids is 2. The van der Waals surface area contributed by atoms with Crippen LogP contribution in [0, 0.1) is 12.8 Å². The first kappa shape index (κ1) is 16.5. The number of rotatable bonds is 7. The van der Waals surface area contributed by atoms with Gasteiger partial charge in [-0.15, -0.1) is 0 Å². The van der Waals surface area contributed by atoms with Crippen LogP contribution in [0.15, 0.2) is 24.3 Å². The highest BCUT2D eigenvalue weighted by Gasteiger charge is 2.33. The number of benzene rings is 1. The summed E-state index contributed by atoms with van der Waals surface area (Å²) in [6.07, 6.45) is 3.65. The van der Waals surface area contributed by atoms with Crippen LogP contribution in [0.2, 0.25) is 0 Å². The molecular formula is C18H26N2O2. The second kappa shape index (κ2) is 7.97. The van der Waals surface area contributed by atoms with E-state index < -0.39 is 0 Å². The maximum absolute atomic E-state index is 12.3. The summed E-state index contributed by atoms with van der Waals surface area (Å²) < 4.78 is 0. The Kier molecular flexibility index (Phi) is 5.99. The lowest BCUT2D eigenvalue weighted by molar-refractivity contribution is -0.129. The lowest BCUT2D eigenvalue weighted by Crippen LogP contribution is -2.33. The van der Waals surface area contributed by atoms with Gasteiger partial charge in [0.2, 0.25) is 11.8 Å². The Balaban J connectivity index is 1.81. The van der Waals surface area contributed by atoms with E-state index in [0.717, 1.165) is 31.4 Å². The minimum absolute atomic E-state index is 0.00501. The Labute approximate surface area is 132 Å². The van der Waals surface area contributed by atoms with E-state index in [9.17, 15) is 9.59 Å². The van der Waals surface area contributed by atoms with E-state index in [0.29, 0.717) is 19.5 Å². The minimum Gasteiger partial charge on any atom is -0.352 e. The van der Waals surface area contributed by atoms with Crippen molar-refractivity contribution in [2.24, 2.45) is 5.92 Å². The molecule has 0 saturated carbocycles. The quantitative estimate of drug-likeness (QED) is 0.787. The number of hydrogen-bond acceptors (Lipinski definition) is 2. The maximum atomic E-state index is 12.3. The zero-order chi connectivity index (χ0) is 15.9. The molecule has 2 rings (SSSR count). The van der Waals surface area contributed by atoms with E-state index in [-0.39, 0.29) is 17.7 Å². The van der Waals surface area contributed by atoms with E-state index in [1.807, 2.05) is 36.1 Å². The molecule has 1 aliphatic heterocycles. The number of hydrogen-bond donors (Lipinski definition) is 1. The van der Waals surface area contributed by atoms with Crippen molar-refractivity contribution < 1.29 is 9.59 Å².